The Hall–Kier alpha value is -0.433. The van der Waals surface area contributed by atoms with Gasteiger partial charge in [0, 0.05) is 14.2 Å². The van der Waals surface area contributed by atoms with Crippen LogP contribution in [-0.4, -0.2) is 47.6 Å². The molecule has 1 aliphatic carbocycles. The third kappa shape index (κ3) is 4.01. The molecule has 0 amide bonds. The molecular formula is C13H24O5Si. The molecule has 2 fully saturated rings. The molecule has 19 heavy (non-hydrogen) atoms. The van der Waals surface area contributed by atoms with Crippen LogP contribution in [0.25, 0.3) is 0 Å². The number of epoxide rings is 1. The summed E-state index contributed by atoms with van der Waals surface area (Å²) in [6.07, 6.45) is 4.30. The average Bonchev–Trinajstić information content (AvgIpc) is 3.21. The third-order valence-corrected chi connectivity index (χ3v) is 7.21. The summed E-state index contributed by atoms with van der Waals surface area (Å²) in [5.41, 5.74) is 0. The van der Waals surface area contributed by atoms with E-state index >= 15 is 0 Å². The van der Waals surface area contributed by atoms with Crippen LogP contribution >= 0.6 is 0 Å². The van der Waals surface area contributed by atoms with E-state index < -0.39 is 8.56 Å². The van der Waals surface area contributed by atoms with Gasteiger partial charge in [-0.25, -0.2) is 0 Å². The topological polar surface area (TPSA) is 57.3 Å². The molecule has 0 N–H and O–H groups in total. The Morgan fingerprint density at radius 1 is 1.26 bits per heavy atom. The van der Waals surface area contributed by atoms with Crippen molar-refractivity contribution in [3.05, 3.63) is 0 Å². The molecule has 3 unspecified atom stereocenters. The molecule has 2 rings (SSSR count). The third-order valence-electron chi connectivity index (χ3n) is 4.22. The minimum atomic E-state index is -2.02. The van der Waals surface area contributed by atoms with E-state index in [1.807, 2.05) is 6.55 Å². The first-order valence-corrected chi connectivity index (χ1v) is 9.53. The normalized spacial score (nSPS) is 29.7. The van der Waals surface area contributed by atoms with Crippen molar-refractivity contribution in [1.29, 1.82) is 0 Å². The SMILES string of the molecule is CO[Si](C)(CCCOC(=O)C1CCC2OC2C1)OC. The second kappa shape index (κ2) is 6.34. The van der Waals surface area contributed by atoms with E-state index in [0.29, 0.717) is 18.8 Å². The van der Waals surface area contributed by atoms with Gasteiger partial charge in [-0.2, -0.15) is 0 Å². The van der Waals surface area contributed by atoms with Crippen LogP contribution in [0.1, 0.15) is 25.7 Å². The Morgan fingerprint density at radius 3 is 2.63 bits per heavy atom. The molecule has 1 heterocycles. The Balaban J connectivity index is 1.61. The van der Waals surface area contributed by atoms with Crippen LogP contribution in [0.4, 0.5) is 0 Å². The van der Waals surface area contributed by atoms with Gasteiger partial charge in [0.05, 0.1) is 24.7 Å². The molecule has 0 spiro atoms. The van der Waals surface area contributed by atoms with Gasteiger partial charge in [0.2, 0.25) is 0 Å². The Labute approximate surface area is 115 Å². The summed E-state index contributed by atoms with van der Waals surface area (Å²) in [5.74, 6) is -0.0237. The van der Waals surface area contributed by atoms with E-state index in [9.17, 15) is 4.79 Å². The van der Waals surface area contributed by atoms with E-state index in [-0.39, 0.29) is 11.9 Å². The number of fused-ring (bicyclic) bond motifs is 1. The number of hydrogen-bond donors (Lipinski definition) is 0. The van der Waals surface area contributed by atoms with Crippen molar-refractivity contribution < 1.29 is 23.1 Å². The van der Waals surface area contributed by atoms with Crippen LogP contribution in [-0.2, 0) is 23.1 Å². The van der Waals surface area contributed by atoms with E-state index in [1.165, 1.54) is 0 Å². The number of ether oxygens (including phenoxy) is 2. The Kier molecular flexibility index (Phi) is 5.00. The fourth-order valence-corrected chi connectivity index (χ4v) is 3.95. The summed E-state index contributed by atoms with van der Waals surface area (Å²) in [6, 6.07) is 0.839. The maximum Gasteiger partial charge on any atom is 0.334 e. The van der Waals surface area contributed by atoms with Crippen LogP contribution in [0, 0.1) is 5.92 Å². The second-order valence-corrected chi connectivity index (χ2v) is 9.12. The van der Waals surface area contributed by atoms with Crippen molar-refractivity contribution in [3.63, 3.8) is 0 Å². The van der Waals surface area contributed by atoms with Gasteiger partial charge in [0.1, 0.15) is 0 Å². The summed E-state index contributed by atoms with van der Waals surface area (Å²) < 4.78 is 21.6. The molecule has 0 aromatic rings. The molecule has 6 heteroatoms. The smallest absolute Gasteiger partial charge is 0.334 e. The predicted octanol–water partition coefficient (Wildman–Crippen LogP) is 1.85. The first-order chi connectivity index (χ1) is 9.08. The van der Waals surface area contributed by atoms with Crippen LogP contribution in [0.5, 0.6) is 0 Å². The fraction of sp³-hybridized carbons (Fsp3) is 0.923. The van der Waals surface area contributed by atoms with E-state index in [2.05, 4.69) is 0 Å². The monoisotopic (exact) mass is 288 g/mol. The van der Waals surface area contributed by atoms with Crippen LogP contribution in [0.15, 0.2) is 0 Å². The molecule has 0 aromatic heterocycles. The zero-order valence-electron chi connectivity index (χ0n) is 12.0. The molecule has 1 aliphatic heterocycles. The molecule has 1 saturated carbocycles. The summed E-state index contributed by atoms with van der Waals surface area (Å²) in [6.45, 7) is 2.47. The average molecular weight is 288 g/mol. The molecular weight excluding hydrogens is 264 g/mol. The Bertz CT molecular complexity index is 318. The van der Waals surface area contributed by atoms with E-state index in [4.69, 9.17) is 18.3 Å². The molecule has 1 saturated heterocycles. The number of rotatable bonds is 7. The molecule has 0 bridgehead atoms. The fourth-order valence-electron chi connectivity index (χ4n) is 2.59. The highest BCUT2D eigenvalue weighted by Crippen LogP contribution is 2.39. The van der Waals surface area contributed by atoms with Crippen molar-refractivity contribution in [2.75, 3.05) is 20.8 Å². The number of carbonyl (C=O) groups excluding carboxylic acids is 1. The second-order valence-electron chi connectivity index (χ2n) is 5.54. The summed E-state index contributed by atoms with van der Waals surface area (Å²) >= 11 is 0. The lowest BCUT2D eigenvalue weighted by Gasteiger charge is -2.22. The Morgan fingerprint density at radius 2 is 2.00 bits per heavy atom. The molecule has 2 aliphatic rings. The van der Waals surface area contributed by atoms with Gasteiger partial charge < -0.3 is 18.3 Å². The maximum atomic E-state index is 11.9. The first kappa shape index (κ1) is 15.0. The highest BCUT2D eigenvalue weighted by atomic mass is 28.4. The molecule has 0 radical (unpaired) electrons. The zero-order chi connectivity index (χ0) is 13.9. The van der Waals surface area contributed by atoms with E-state index in [1.54, 1.807) is 14.2 Å². The van der Waals surface area contributed by atoms with Crippen LogP contribution in [0.2, 0.25) is 12.6 Å². The standard InChI is InChI=1S/C13H24O5Si/c1-15-19(3,16-2)8-4-7-17-13(14)10-5-6-11-12(9-10)18-11/h10-12H,4-9H2,1-3H3. The van der Waals surface area contributed by atoms with Crippen molar-refractivity contribution in [2.24, 2.45) is 5.92 Å². The summed E-state index contributed by atoms with van der Waals surface area (Å²) in [7, 11) is 1.33. The maximum absolute atomic E-state index is 11.9. The van der Waals surface area contributed by atoms with Gasteiger partial charge in [-0.3, -0.25) is 4.79 Å². The minimum Gasteiger partial charge on any atom is -0.465 e. The van der Waals surface area contributed by atoms with Crippen LogP contribution < -0.4 is 0 Å². The van der Waals surface area contributed by atoms with Crippen molar-refractivity contribution >= 4 is 14.5 Å². The quantitative estimate of drug-likeness (QED) is 0.310. The predicted molar refractivity (Wildman–Crippen MR) is 72.0 cm³/mol. The van der Waals surface area contributed by atoms with E-state index in [0.717, 1.165) is 31.7 Å². The lowest BCUT2D eigenvalue weighted by molar-refractivity contribution is -0.149. The van der Waals surface area contributed by atoms with Crippen molar-refractivity contribution in [3.8, 4) is 0 Å². The van der Waals surface area contributed by atoms with Crippen molar-refractivity contribution in [1.82, 2.24) is 0 Å². The van der Waals surface area contributed by atoms with Gasteiger partial charge in [-0.15, -0.1) is 0 Å². The molecule has 0 aromatic carbocycles. The van der Waals surface area contributed by atoms with Gasteiger partial charge in [0.25, 0.3) is 0 Å². The lowest BCUT2D eigenvalue weighted by atomic mass is 9.89. The highest BCUT2D eigenvalue weighted by Gasteiger charge is 2.46. The summed E-state index contributed by atoms with van der Waals surface area (Å²) in [4.78, 5) is 11.9. The first-order valence-electron chi connectivity index (χ1n) is 7.00. The van der Waals surface area contributed by atoms with Crippen LogP contribution in [0.3, 0.4) is 0 Å². The number of carbonyl (C=O) groups is 1. The minimum absolute atomic E-state index is 0.0391. The van der Waals surface area contributed by atoms with Gasteiger partial charge >= 0.3 is 14.5 Å². The lowest BCUT2D eigenvalue weighted by Crippen LogP contribution is -2.36. The van der Waals surface area contributed by atoms with Gasteiger partial charge in [-0.1, -0.05) is 0 Å². The number of esters is 1. The zero-order valence-corrected chi connectivity index (χ0v) is 13.0. The highest BCUT2D eigenvalue weighted by molar-refractivity contribution is 6.65. The van der Waals surface area contributed by atoms with Gasteiger partial charge in [-0.05, 0) is 38.3 Å². The van der Waals surface area contributed by atoms with Gasteiger partial charge in [0.15, 0.2) is 0 Å². The molecule has 3 atom stereocenters. The summed E-state index contributed by atoms with van der Waals surface area (Å²) in [5, 5.41) is 0. The molecule has 110 valence electrons. The molecule has 5 nitrogen and oxygen atoms in total. The largest absolute Gasteiger partial charge is 0.465 e. The number of hydrogen-bond acceptors (Lipinski definition) is 5. The van der Waals surface area contributed by atoms with Crippen molar-refractivity contribution in [2.45, 2.75) is 50.5 Å².